The lowest BCUT2D eigenvalue weighted by Gasteiger charge is -2.24. The first-order valence-corrected chi connectivity index (χ1v) is 10.5. The SMILES string of the molecule is CC[C@H](Nc1ncnc(N)c1-c1nc(C)no1)c1cc2cccc(F)c2c(=O)n1C1CC1. The number of nitrogens with one attached hydrogen (secondary N) is 1. The van der Waals surface area contributed by atoms with Gasteiger partial charge in [-0.25, -0.2) is 14.4 Å². The zero-order valence-corrected chi connectivity index (χ0v) is 17.7. The minimum atomic E-state index is -0.507. The summed E-state index contributed by atoms with van der Waals surface area (Å²) in [5.74, 6) is 0.772. The summed E-state index contributed by atoms with van der Waals surface area (Å²) in [6.45, 7) is 3.70. The van der Waals surface area contributed by atoms with Crippen molar-refractivity contribution in [2.75, 3.05) is 11.1 Å². The van der Waals surface area contributed by atoms with Crippen LogP contribution in [0.5, 0.6) is 0 Å². The van der Waals surface area contributed by atoms with Gasteiger partial charge in [-0.15, -0.1) is 0 Å². The molecule has 0 saturated heterocycles. The molecule has 3 aromatic heterocycles. The largest absolute Gasteiger partial charge is 0.383 e. The number of pyridine rings is 1. The van der Waals surface area contributed by atoms with Gasteiger partial charge in [0, 0.05) is 11.7 Å². The summed E-state index contributed by atoms with van der Waals surface area (Å²) in [4.78, 5) is 25.9. The first kappa shape index (κ1) is 20.1. The van der Waals surface area contributed by atoms with Crippen molar-refractivity contribution in [3.8, 4) is 11.5 Å². The smallest absolute Gasteiger partial charge is 0.265 e. The number of fused-ring (bicyclic) bond motifs is 1. The van der Waals surface area contributed by atoms with E-state index in [0.29, 0.717) is 29.0 Å². The molecule has 1 saturated carbocycles. The molecule has 4 aromatic rings. The molecule has 0 spiro atoms. The lowest BCUT2D eigenvalue weighted by atomic mass is 10.0. The minimum absolute atomic E-state index is 0.0610. The Morgan fingerprint density at radius 2 is 2.16 bits per heavy atom. The highest BCUT2D eigenvalue weighted by Crippen LogP contribution is 2.39. The second-order valence-corrected chi connectivity index (χ2v) is 7.91. The van der Waals surface area contributed by atoms with E-state index >= 15 is 0 Å². The molecule has 3 N–H and O–H groups in total. The highest BCUT2D eigenvalue weighted by atomic mass is 19.1. The topological polar surface area (TPSA) is 125 Å². The van der Waals surface area contributed by atoms with Crippen molar-refractivity contribution >= 4 is 22.4 Å². The van der Waals surface area contributed by atoms with Gasteiger partial charge in [0.2, 0.25) is 0 Å². The minimum Gasteiger partial charge on any atom is -0.383 e. The predicted octanol–water partition coefficient (Wildman–Crippen LogP) is 3.77. The number of rotatable bonds is 6. The molecule has 1 aliphatic rings. The van der Waals surface area contributed by atoms with Crippen molar-refractivity contribution in [2.24, 2.45) is 0 Å². The van der Waals surface area contributed by atoms with E-state index in [1.54, 1.807) is 23.6 Å². The summed E-state index contributed by atoms with van der Waals surface area (Å²) in [5, 5.41) is 7.89. The van der Waals surface area contributed by atoms with E-state index in [2.05, 4.69) is 25.4 Å². The summed E-state index contributed by atoms with van der Waals surface area (Å²) >= 11 is 0. The number of hydrogen-bond acceptors (Lipinski definition) is 8. The van der Waals surface area contributed by atoms with Gasteiger partial charge in [-0.2, -0.15) is 4.98 Å². The first-order chi connectivity index (χ1) is 15.5. The molecule has 1 aliphatic carbocycles. The molecule has 0 radical (unpaired) electrons. The van der Waals surface area contributed by atoms with Crippen LogP contribution >= 0.6 is 0 Å². The molecular formula is C22H22FN7O2. The Morgan fingerprint density at radius 1 is 1.34 bits per heavy atom. The zero-order valence-electron chi connectivity index (χ0n) is 17.7. The molecule has 32 heavy (non-hydrogen) atoms. The van der Waals surface area contributed by atoms with Crippen LogP contribution in [-0.2, 0) is 0 Å². The van der Waals surface area contributed by atoms with E-state index in [1.807, 2.05) is 13.0 Å². The number of halogens is 1. The van der Waals surface area contributed by atoms with Gasteiger partial charge in [0.25, 0.3) is 11.4 Å². The fourth-order valence-corrected chi connectivity index (χ4v) is 4.00. The summed E-state index contributed by atoms with van der Waals surface area (Å²) in [6.07, 6.45) is 3.76. The van der Waals surface area contributed by atoms with Crippen LogP contribution in [0.3, 0.4) is 0 Å². The van der Waals surface area contributed by atoms with Crippen molar-refractivity contribution in [2.45, 2.75) is 45.2 Å². The second-order valence-electron chi connectivity index (χ2n) is 7.91. The molecule has 5 rings (SSSR count). The van der Waals surface area contributed by atoms with Crippen LogP contribution in [0.2, 0.25) is 0 Å². The number of nitrogen functional groups attached to an aromatic ring is 1. The molecule has 0 aliphatic heterocycles. The predicted molar refractivity (Wildman–Crippen MR) is 118 cm³/mol. The van der Waals surface area contributed by atoms with E-state index in [9.17, 15) is 9.18 Å². The highest BCUT2D eigenvalue weighted by Gasteiger charge is 2.31. The van der Waals surface area contributed by atoms with E-state index in [0.717, 1.165) is 18.5 Å². The van der Waals surface area contributed by atoms with E-state index < -0.39 is 5.82 Å². The van der Waals surface area contributed by atoms with Gasteiger partial charge in [-0.3, -0.25) is 4.79 Å². The normalized spacial score (nSPS) is 14.6. The van der Waals surface area contributed by atoms with Crippen molar-refractivity contribution < 1.29 is 8.91 Å². The Labute approximate surface area is 182 Å². The van der Waals surface area contributed by atoms with E-state index in [-0.39, 0.29) is 34.7 Å². The average Bonchev–Trinajstić information content (AvgIpc) is 3.51. The lowest BCUT2D eigenvalue weighted by Crippen LogP contribution is -2.27. The molecule has 164 valence electrons. The quantitative estimate of drug-likeness (QED) is 0.469. The van der Waals surface area contributed by atoms with Crippen LogP contribution in [0.4, 0.5) is 16.0 Å². The van der Waals surface area contributed by atoms with Crippen molar-refractivity contribution in [1.29, 1.82) is 0 Å². The third kappa shape index (κ3) is 3.37. The maximum Gasteiger partial charge on any atom is 0.265 e. The average molecular weight is 435 g/mol. The lowest BCUT2D eigenvalue weighted by molar-refractivity contribution is 0.425. The fourth-order valence-electron chi connectivity index (χ4n) is 4.00. The van der Waals surface area contributed by atoms with Gasteiger partial charge in [0.1, 0.15) is 29.3 Å². The van der Waals surface area contributed by atoms with Gasteiger partial charge in [0.15, 0.2) is 5.82 Å². The Bertz CT molecular complexity index is 1380. The Balaban J connectivity index is 1.64. The van der Waals surface area contributed by atoms with Gasteiger partial charge in [0.05, 0.1) is 11.4 Å². The molecule has 9 nitrogen and oxygen atoms in total. The summed E-state index contributed by atoms with van der Waals surface area (Å²) in [7, 11) is 0. The molecule has 1 atom stereocenters. The number of aryl methyl sites for hydroxylation is 1. The Kier molecular flexibility index (Phi) is 4.84. The maximum absolute atomic E-state index is 14.5. The molecule has 1 fully saturated rings. The third-order valence-electron chi connectivity index (χ3n) is 5.67. The number of benzene rings is 1. The van der Waals surface area contributed by atoms with Crippen LogP contribution in [0.1, 0.15) is 49.8 Å². The van der Waals surface area contributed by atoms with Crippen LogP contribution in [-0.4, -0.2) is 24.7 Å². The molecule has 3 heterocycles. The van der Waals surface area contributed by atoms with Gasteiger partial charge in [-0.1, -0.05) is 24.2 Å². The van der Waals surface area contributed by atoms with Crippen LogP contribution in [0.15, 0.2) is 39.9 Å². The van der Waals surface area contributed by atoms with Gasteiger partial charge >= 0.3 is 0 Å². The molecule has 1 aromatic carbocycles. The summed E-state index contributed by atoms with van der Waals surface area (Å²) in [5.41, 5.74) is 6.96. The second kappa shape index (κ2) is 7.70. The van der Waals surface area contributed by atoms with Crippen LogP contribution < -0.4 is 16.6 Å². The maximum atomic E-state index is 14.5. The number of hydrogen-bond donors (Lipinski definition) is 2. The van der Waals surface area contributed by atoms with E-state index in [4.69, 9.17) is 10.3 Å². The van der Waals surface area contributed by atoms with Crippen molar-refractivity contribution in [3.63, 3.8) is 0 Å². The van der Waals surface area contributed by atoms with Crippen LogP contribution in [0.25, 0.3) is 22.2 Å². The molecule has 10 heteroatoms. The number of aromatic nitrogens is 5. The van der Waals surface area contributed by atoms with Crippen molar-refractivity contribution in [3.05, 3.63) is 58.3 Å². The van der Waals surface area contributed by atoms with Gasteiger partial charge in [-0.05, 0) is 43.7 Å². The Morgan fingerprint density at radius 3 is 2.84 bits per heavy atom. The fraction of sp³-hybridized carbons (Fsp3) is 0.318. The third-order valence-corrected chi connectivity index (χ3v) is 5.67. The molecule has 0 bridgehead atoms. The molecular weight excluding hydrogens is 413 g/mol. The van der Waals surface area contributed by atoms with Gasteiger partial charge < -0.3 is 20.1 Å². The van der Waals surface area contributed by atoms with E-state index in [1.165, 1.54) is 12.4 Å². The monoisotopic (exact) mass is 435 g/mol. The number of anilines is 2. The van der Waals surface area contributed by atoms with Crippen LogP contribution in [0, 0.1) is 12.7 Å². The standard InChI is InChI=1S/C22H22FN7O2/c1-3-15(28-20-18(19(24)25-10-26-20)21-27-11(2)29-32-21)16-9-12-5-4-6-14(23)17(12)22(31)30(16)13-7-8-13/h4-6,9-10,13,15H,3,7-8H2,1-2H3,(H3,24,25,26,28)/t15-/m0/s1. The zero-order chi connectivity index (χ0) is 22.4. The molecule has 0 unspecified atom stereocenters. The Hall–Kier alpha value is -3.82. The highest BCUT2D eigenvalue weighted by molar-refractivity contribution is 5.83. The number of nitrogens with zero attached hydrogens (tertiary/aromatic N) is 5. The first-order valence-electron chi connectivity index (χ1n) is 10.5. The summed E-state index contributed by atoms with van der Waals surface area (Å²) in [6, 6.07) is 6.32. The summed E-state index contributed by atoms with van der Waals surface area (Å²) < 4.78 is 21.5. The van der Waals surface area contributed by atoms with Crippen molar-refractivity contribution in [1.82, 2.24) is 24.7 Å². The molecule has 0 amide bonds. The number of nitrogens with two attached hydrogens (primary N) is 1.